The van der Waals surface area contributed by atoms with Gasteiger partial charge in [0, 0.05) is 5.56 Å². The van der Waals surface area contributed by atoms with Crippen molar-refractivity contribution >= 4 is 5.91 Å². The van der Waals surface area contributed by atoms with Gasteiger partial charge in [-0.2, -0.15) is 0 Å². The van der Waals surface area contributed by atoms with Crippen LogP contribution < -0.4 is 5.32 Å². The van der Waals surface area contributed by atoms with E-state index in [0.717, 1.165) is 37.7 Å². The van der Waals surface area contributed by atoms with E-state index in [1.165, 1.54) is 0 Å². The van der Waals surface area contributed by atoms with E-state index < -0.39 is 11.1 Å². The Labute approximate surface area is 132 Å². The summed E-state index contributed by atoms with van der Waals surface area (Å²) in [5.74, 6) is -0.120. The Hall–Kier alpha value is -1.39. The summed E-state index contributed by atoms with van der Waals surface area (Å²) in [4.78, 5) is 12.3. The van der Waals surface area contributed by atoms with E-state index in [1.807, 2.05) is 24.3 Å². The molecule has 1 aromatic carbocycles. The molecule has 22 heavy (non-hydrogen) atoms. The minimum atomic E-state index is -0.675. The minimum absolute atomic E-state index is 0.00239. The summed E-state index contributed by atoms with van der Waals surface area (Å²) in [6, 6.07) is 7.49. The molecule has 1 aliphatic rings. The molecule has 1 aromatic rings. The van der Waals surface area contributed by atoms with Gasteiger partial charge in [0.15, 0.2) is 0 Å². The lowest BCUT2D eigenvalue weighted by Gasteiger charge is -2.28. The van der Waals surface area contributed by atoms with E-state index in [0.29, 0.717) is 12.0 Å². The van der Waals surface area contributed by atoms with Gasteiger partial charge in [-0.25, -0.2) is 0 Å². The van der Waals surface area contributed by atoms with Gasteiger partial charge in [0.2, 0.25) is 0 Å². The number of hydrogen-bond donors (Lipinski definition) is 3. The SMILES string of the molecule is CC(C)(O)CCc1ccc(C(=O)NC2(CO)CCCC2)cc1. The Morgan fingerprint density at radius 1 is 1.23 bits per heavy atom. The number of aliphatic hydroxyl groups is 2. The first-order valence-electron chi connectivity index (χ1n) is 8.08. The van der Waals surface area contributed by atoms with Crippen molar-refractivity contribution in [2.24, 2.45) is 0 Å². The summed E-state index contributed by atoms with van der Waals surface area (Å²) in [5, 5.41) is 22.3. The molecule has 1 fully saturated rings. The number of carbonyl (C=O) groups excluding carboxylic acids is 1. The van der Waals surface area contributed by atoms with Crippen LogP contribution in [-0.2, 0) is 6.42 Å². The number of amides is 1. The van der Waals surface area contributed by atoms with Gasteiger partial charge in [0.05, 0.1) is 17.7 Å². The first kappa shape index (κ1) is 17.0. The highest BCUT2D eigenvalue weighted by atomic mass is 16.3. The van der Waals surface area contributed by atoms with E-state index in [-0.39, 0.29) is 12.5 Å². The molecule has 1 amide bonds. The van der Waals surface area contributed by atoms with Crippen molar-refractivity contribution in [3.63, 3.8) is 0 Å². The molecule has 4 nitrogen and oxygen atoms in total. The molecule has 1 saturated carbocycles. The van der Waals surface area contributed by atoms with Gasteiger partial charge in [0.1, 0.15) is 0 Å². The van der Waals surface area contributed by atoms with Crippen LogP contribution in [0.15, 0.2) is 24.3 Å². The molecule has 0 unspecified atom stereocenters. The van der Waals surface area contributed by atoms with Gasteiger partial charge >= 0.3 is 0 Å². The van der Waals surface area contributed by atoms with Crippen molar-refractivity contribution in [1.29, 1.82) is 0 Å². The van der Waals surface area contributed by atoms with Crippen LogP contribution in [0.1, 0.15) is 61.9 Å². The van der Waals surface area contributed by atoms with Gasteiger partial charge in [0.25, 0.3) is 5.91 Å². The molecule has 0 spiro atoms. The summed E-state index contributed by atoms with van der Waals surface area (Å²) in [6.45, 7) is 3.60. The summed E-state index contributed by atoms with van der Waals surface area (Å²) < 4.78 is 0. The predicted octanol–water partition coefficient (Wildman–Crippen LogP) is 2.43. The van der Waals surface area contributed by atoms with E-state index in [9.17, 15) is 15.0 Å². The van der Waals surface area contributed by atoms with Gasteiger partial charge in [-0.05, 0) is 57.2 Å². The summed E-state index contributed by atoms with van der Waals surface area (Å²) in [7, 11) is 0. The predicted molar refractivity (Wildman–Crippen MR) is 86.8 cm³/mol. The summed E-state index contributed by atoms with van der Waals surface area (Å²) in [6.07, 6.45) is 5.27. The van der Waals surface area contributed by atoms with Crippen molar-refractivity contribution in [3.05, 3.63) is 35.4 Å². The molecule has 0 aromatic heterocycles. The number of rotatable bonds is 6. The fraction of sp³-hybridized carbons (Fsp3) is 0.611. The Bertz CT molecular complexity index is 496. The Balaban J connectivity index is 1.96. The topological polar surface area (TPSA) is 69.6 Å². The molecule has 0 heterocycles. The van der Waals surface area contributed by atoms with Crippen LogP contribution in [0.2, 0.25) is 0 Å². The molecule has 2 rings (SSSR count). The normalized spacial score (nSPS) is 17.5. The zero-order chi connectivity index (χ0) is 16.2. The monoisotopic (exact) mass is 305 g/mol. The second-order valence-corrected chi connectivity index (χ2v) is 7.11. The third kappa shape index (κ3) is 4.55. The highest BCUT2D eigenvalue weighted by molar-refractivity contribution is 5.94. The fourth-order valence-corrected chi connectivity index (χ4v) is 2.96. The maximum absolute atomic E-state index is 12.3. The van der Waals surface area contributed by atoms with E-state index in [2.05, 4.69) is 5.32 Å². The molecule has 0 saturated heterocycles. The number of aryl methyl sites for hydroxylation is 1. The van der Waals surface area contributed by atoms with E-state index in [1.54, 1.807) is 13.8 Å². The number of hydrogen-bond acceptors (Lipinski definition) is 3. The van der Waals surface area contributed by atoms with E-state index >= 15 is 0 Å². The van der Waals surface area contributed by atoms with Crippen LogP contribution >= 0.6 is 0 Å². The van der Waals surface area contributed by atoms with Crippen molar-refractivity contribution in [1.82, 2.24) is 5.32 Å². The van der Waals surface area contributed by atoms with Crippen LogP contribution in [0.25, 0.3) is 0 Å². The molecule has 1 aliphatic carbocycles. The van der Waals surface area contributed by atoms with Gasteiger partial charge in [-0.1, -0.05) is 25.0 Å². The third-order valence-electron chi connectivity index (χ3n) is 4.48. The fourth-order valence-electron chi connectivity index (χ4n) is 2.96. The lowest BCUT2D eigenvalue weighted by atomic mass is 9.97. The van der Waals surface area contributed by atoms with Crippen LogP contribution in [0, 0.1) is 0 Å². The van der Waals surface area contributed by atoms with Gasteiger partial charge in [-0.15, -0.1) is 0 Å². The number of carbonyl (C=O) groups is 1. The minimum Gasteiger partial charge on any atom is -0.394 e. The standard InChI is InChI=1S/C18H27NO3/c1-17(2,22)12-9-14-5-7-15(8-6-14)16(21)19-18(13-20)10-3-4-11-18/h5-8,20,22H,3-4,9-13H2,1-2H3,(H,19,21). The maximum atomic E-state index is 12.3. The molecule has 0 radical (unpaired) electrons. The second kappa shape index (κ2) is 6.80. The van der Waals surface area contributed by atoms with E-state index in [4.69, 9.17) is 0 Å². The lowest BCUT2D eigenvalue weighted by Crippen LogP contribution is -2.49. The van der Waals surface area contributed by atoms with Crippen LogP contribution in [0.3, 0.4) is 0 Å². The van der Waals surface area contributed by atoms with Crippen LogP contribution in [-0.4, -0.2) is 33.9 Å². The Morgan fingerprint density at radius 3 is 2.32 bits per heavy atom. The largest absolute Gasteiger partial charge is 0.394 e. The third-order valence-corrected chi connectivity index (χ3v) is 4.48. The molecular formula is C18H27NO3. The highest BCUT2D eigenvalue weighted by Crippen LogP contribution is 2.29. The molecular weight excluding hydrogens is 278 g/mol. The lowest BCUT2D eigenvalue weighted by molar-refractivity contribution is 0.0713. The van der Waals surface area contributed by atoms with Crippen LogP contribution in [0.4, 0.5) is 0 Å². The second-order valence-electron chi connectivity index (χ2n) is 7.11. The molecule has 3 N–H and O–H groups in total. The van der Waals surface area contributed by atoms with Crippen molar-refractivity contribution in [2.45, 2.75) is 63.5 Å². The van der Waals surface area contributed by atoms with Crippen molar-refractivity contribution in [2.75, 3.05) is 6.61 Å². The van der Waals surface area contributed by atoms with Crippen molar-refractivity contribution in [3.8, 4) is 0 Å². The molecule has 0 atom stereocenters. The molecule has 4 heteroatoms. The number of benzene rings is 1. The average molecular weight is 305 g/mol. The quantitative estimate of drug-likeness (QED) is 0.756. The summed E-state index contributed by atoms with van der Waals surface area (Å²) >= 11 is 0. The van der Waals surface area contributed by atoms with Crippen molar-refractivity contribution < 1.29 is 15.0 Å². The average Bonchev–Trinajstić information content (AvgIpc) is 2.94. The maximum Gasteiger partial charge on any atom is 0.251 e. The molecule has 122 valence electrons. The summed E-state index contributed by atoms with van der Waals surface area (Å²) in [5.41, 5.74) is 0.617. The smallest absolute Gasteiger partial charge is 0.251 e. The number of aliphatic hydroxyl groups excluding tert-OH is 1. The number of nitrogens with one attached hydrogen (secondary N) is 1. The zero-order valence-corrected chi connectivity index (χ0v) is 13.6. The van der Waals surface area contributed by atoms with Gasteiger partial charge in [-0.3, -0.25) is 4.79 Å². The first-order valence-corrected chi connectivity index (χ1v) is 8.08. The van der Waals surface area contributed by atoms with Gasteiger partial charge < -0.3 is 15.5 Å². The Kier molecular flexibility index (Phi) is 5.24. The van der Waals surface area contributed by atoms with Crippen LogP contribution in [0.5, 0.6) is 0 Å². The molecule has 0 bridgehead atoms. The molecule has 0 aliphatic heterocycles. The Morgan fingerprint density at radius 2 is 1.82 bits per heavy atom. The zero-order valence-electron chi connectivity index (χ0n) is 13.6. The first-order chi connectivity index (χ1) is 10.3. The highest BCUT2D eigenvalue weighted by Gasteiger charge is 2.34.